The van der Waals surface area contributed by atoms with Gasteiger partial charge in [0.15, 0.2) is 5.75 Å². The van der Waals surface area contributed by atoms with Crippen LogP contribution in [0.4, 0.5) is 4.39 Å². The summed E-state index contributed by atoms with van der Waals surface area (Å²) in [7, 11) is 1.56. The summed E-state index contributed by atoms with van der Waals surface area (Å²) in [4.78, 5) is 0. The van der Waals surface area contributed by atoms with Gasteiger partial charge in [0.1, 0.15) is 11.5 Å². The zero-order valence-corrected chi connectivity index (χ0v) is 11.9. The normalized spacial score (nSPS) is 12.4. The van der Waals surface area contributed by atoms with E-state index in [1.165, 1.54) is 6.07 Å². The first-order chi connectivity index (χ1) is 9.62. The van der Waals surface area contributed by atoms with Crippen molar-refractivity contribution >= 4 is 0 Å². The Kier molecular flexibility index (Phi) is 4.36. The number of rotatable bonds is 5. The maximum absolute atomic E-state index is 14.1. The molecule has 0 bridgehead atoms. The number of halogens is 1. The average molecular weight is 278 g/mol. The number of hydrazine groups is 1. The minimum Gasteiger partial charge on any atom is -0.493 e. The minimum atomic E-state index is -0.521. The fraction of sp³-hybridized carbons (Fsp3) is 0.357. The number of hydrogen-bond acceptors (Lipinski definition) is 4. The Morgan fingerprint density at radius 2 is 2.25 bits per heavy atom. The molecular weight excluding hydrogens is 259 g/mol. The van der Waals surface area contributed by atoms with E-state index in [4.69, 9.17) is 10.6 Å². The quantitative estimate of drug-likeness (QED) is 0.648. The van der Waals surface area contributed by atoms with Crippen molar-refractivity contribution in [1.29, 1.82) is 0 Å². The first-order valence-corrected chi connectivity index (χ1v) is 6.44. The molecule has 0 saturated heterocycles. The fourth-order valence-corrected chi connectivity index (χ4v) is 2.28. The summed E-state index contributed by atoms with van der Waals surface area (Å²) >= 11 is 0. The van der Waals surface area contributed by atoms with E-state index in [1.807, 2.05) is 13.8 Å². The lowest BCUT2D eigenvalue weighted by molar-refractivity contribution is 0.398. The average Bonchev–Trinajstić information content (AvgIpc) is 2.86. The summed E-state index contributed by atoms with van der Waals surface area (Å²) in [5.41, 5.74) is 4.80. The van der Waals surface area contributed by atoms with Crippen molar-refractivity contribution in [3.8, 4) is 5.75 Å². The highest BCUT2D eigenvalue weighted by Gasteiger charge is 2.24. The number of nitrogens with one attached hydrogen (secondary N) is 1. The van der Waals surface area contributed by atoms with E-state index in [-0.39, 0.29) is 5.82 Å². The molecule has 0 radical (unpaired) electrons. The second-order valence-electron chi connectivity index (χ2n) is 4.54. The smallest absolute Gasteiger partial charge is 0.161 e. The Bertz CT molecular complexity index is 575. The van der Waals surface area contributed by atoms with Crippen LogP contribution in [0.2, 0.25) is 0 Å². The van der Waals surface area contributed by atoms with Crippen molar-refractivity contribution in [1.82, 2.24) is 15.2 Å². The van der Waals surface area contributed by atoms with E-state index in [2.05, 4.69) is 10.5 Å². The van der Waals surface area contributed by atoms with E-state index < -0.39 is 6.04 Å². The molecule has 1 atom stereocenters. The van der Waals surface area contributed by atoms with Crippen LogP contribution in [-0.2, 0) is 6.54 Å². The Balaban J connectivity index is 2.57. The van der Waals surface area contributed by atoms with Gasteiger partial charge in [-0.3, -0.25) is 10.5 Å². The molecule has 1 heterocycles. The topological polar surface area (TPSA) is 65.1 Å². The zero-order valence-electron chi connectivity index (χ0n) is 11.9. The summed E-state index contributed by atoms with van der Waals surface area (Å²) in [6, 6.07) is 4.41. The van der Waals surface area contributed by atoms with Gasteiger partial charge in [-0.15, -0.1) is 0 Å². The van der Waals surface area contributed by atoms with Crippen molar-refractivity contribution in [3.05, 3.63) is 47.0 Å². The number of aromatic nitrogens is 2. The second kappa shape index (κ2) is 6.02. The third-order valence-corrected chi connectivity index (χ3v) is 3.27. The van der Waals surface area contributed by atoms with E-state index in [9.17, 15) is 4.39 Å². The molecule has 0 fully saturated rings. The summed E-state index contributed by atoms with van der Waals surface area (Å²) in [6.45, 7) is 4.51. The highest BCUT2D eigenvalue weighted by molar-refractivity contribution is 5.38. The van der Waals surface area contributed by atoms with Crippen LogP contribution < -0.4 is 16.0 Å². The molecule has 3 N–H and O–H groups in total. The second-order valence-corrected chi connectivity index (χ2v) is 4.54. The first kappa shape index (κ1) is 14.5. The van der Waals surface area contributed by atoms with Gasteiger partial charge in [-0.1, -0.05) is 17.7 Å². The molecule has 2 aromatic rings. The van der Waals surface area contributed by atoms with Crippen molar-refractivity contribution in [2.24, 2.45) is 5.84 Å². The molecule has 0 aliphatic carbocycles. The Hall–Kier alpha value is -1.92. The predicted octanol–water partition coefficient (Wildman–Crippen LogP) is 1.91. The number of benzene rings is 1. The van der Waals surface area contributed by atoms with Crippen LogP contribution in [0.5, 0.6) is 5.75 Å². The number of methoxy groups -OCH3 is 1. The highest BCUT2D eigenvalue weighted by atomic mass is 19.1. The van der Waals surface area contributed by atoms with Crippen LogP contribution in [0.15, 0.2) is 24.4 Å². The Morgan fingerprint density at radius 1 is 1.50 bits per heavy atom. The molecule has 20 heavy (non-hydrogen) atoms. The van der Waals surface area contributed by atoms with Crippen molar-refractivity contribution < 1.29 is 9.13 Å². The van der Waals surface area contributed by atoms with Gasteiger partial charge >= 0.3 is 0 Å². The van der Waals surface area contributed by atoms with Gasteiger partial charge in [-0.2, -0.15) is 5.10 Å². The van der Waals surface area contributed by atoms with Crippen LogP contribution in [0, 0.1) is 12.7 Å². The number of hydrogen-bond donors (Lipinski definition) is 2. The molecule has 6 heteroatoms. The summed E-state index contributed by atoms with van der Waals surface area (Å²) in [6.07, 6.45) is 1.61. The molecule has 0 aliphatic rings. The molecule has 1 aromatic carbocycles. The van der Waals surface area contributed by atoms with Gasteiger partial charge in [-0.25, -0.2) is 9.82 Å². The van der Waals surface area contributed by atoms with Gasteiger partial charge in [0.05, 0.1) is 19.3 Å². The lowest BCUT2D eigenvalue weighted by Crippen LogP contribution is -2.31. The fourth-order valence-electron chi connectivity index (χ4n) is 2.28. The molecular formula is C14H19FN4O. The standard InChI is InChI=1S/C14H19FN4O/c1-4-19-14(12(20-3)8-17-19)13(18-16)10-7-9(2)5-6-11(10)15/h5-8,13,18H,4,16H2,1-3H3. The van der Waals surface area contributed by atoms with Gasteiger partial charge < -0.3 is 4.74 Å². The number of nitrogens with two attached hydrogens (primary N) is 1. The SMILES string of the molecule is CCn1ncc(OC)c1C(NN)c1cc(C)ccc1F. The molecule has 2 rings (SSSR count). The molecule has 0 saturated carbocycles. The van der Waals surface area contributed by atoms with Crippen LogP contribution in [0.3, 0.4) is 0 Å². The van der Waals surface area contributed by atoms with Crippen molar-refractivity contribution in [2.75, 3.05) is 7.11 Å². The van der Waals surface area contributed by atoms with Crippen LogP contribution >= 0.6 is 0 Å². The molecule has 0 aliphatic heterocycles. The Labute approximate surface area is 117 Å². The number of nitrogens with zero attached hydrogens (tertiary/aromatic N) is 2. The van der Waals surface area contributed by atoms with Crippen LogP contribution in [-0.4, -0.2) is 16.9 Å². The van der Waals surface area contributed by atoms with E-state index >= 15 is 0 Å². The molecule has 108 valence electrons. The van der Waals surface area contributed by atoms with Gasteiger partial charge in [0.2, 0.25) is 0 Å². The largest absolute Gasteiger partial charge is 0.493 e. The lowest BCUT2D eigenvalue weighted by Gasteiger charge is -2.20. The Morgan fingerprint density at radius 3 is 2.85 bits per heavy atom. The van der Waals surface area contributed by atoms with Crippen LogP contribution in [0.1, 0.15) is 29.8 Å². The number of aryl methyl sites for hydroxylation is 2. The summed E-state index contributed by atoms with van der Waals surface area (Å²) < 4.78 is 21.1. The molecule has 0 amide bonds. The summed E-state index contributed by atoms with van der Waals surface area (Å²) in [5, 5.41) is 4.23. The number of ether oxygens (including phenoxy) is 1. The third-order valence-electron chi connectivity index (χ3n) is 3.27. The third kappa shape index (κ3) is 2.52. The minimum absolute atomic E-state index is 0.315. The van der Waals surface area contributed by atoms with Gasteiger partial charge in [0, 0.05) is 12.1 Å². The maximum atomic E-state index is 14.1. The lowest BCUT2D eigenvalue weighted by atomic mass is 10.0. The van der Waals surface area contributed by atoms with Gasteiger partial charge in [0.25, 0.3) is 0 Å². The molecule has 0 spiro atoms. The predicted molar refractivity (Wildman–Crippen MR) is 74.8 cm³/mol. The van der Waals surface area contributed by atoms with Crippen molar-refractivity contribution in [2.45, 2.75) is 26.4 Å². The van der Waals surface area contributed by atoms with Crippen molar-refractivity contribution in [3.63, 3.8) is 0 Å². The molecule has 5 nitrogen and oxygen atoms in total. The molecule has 1 aromatic heterocycles. The van der Waals surface area contributed by atoms with E-state index in [0.717, 1.165) is 5.56 Å². The van der Waals surface area contributed by atoms with E-state index in [0.29, 0.717) is 23.6 Å². The summed E-state index contributed by atoms with van der Waals surface area (Å²) in [5.74, 6) is 5.91. The van der Waals surface area contributed by atoms with Crippen LogP contribution in [0.25, 0.3) is 0 Å². The first-order valence-electron chi connectivity index (χ1n) is 6.44. The maximum Gasteiger partial charge on any atom is 0.161 e. The van der Waals surface area contributed by atoms with Gasteiger partial charge in [-0.05, 0) is 19.9 Å². The monoisotopic (exact) mass is 278 g/mol. The zero-order chi connectivity index (χ0) is 14.7. The van der Waals surface area contributed by atoms with E-state index in [1.54, 1.807) is 30.1 Å². The molecule has 1 unspecified atom stereocenters. The highest BCUT2D eigenvalue weighted by Crippen LogP contribution is 2.31.